The summed E-state index contributed by atoms with van der Waals surface area (Å²) < 4.78 is 2.01. The summed E-state index contributed by atoms with van der Waals surface area (Å²) in [7, 11) is 1.97. The lowest BCUT2D eigenvalue weighted by Crippen LogP contribution is -2.24. The minimum Gasteiger partial charge on any atom is -0.349 e. The molecule has 0 fully saturated rings. The first-order valence-electron chi connectivity index (χ1n) is 7.45. The monoisotopic (exact) mass is 326 g/mol. The van der Waals surface area contributed by atoms with Crippen molar-refractivity contribution in [1.82, 2.24) is 19.9 Å². The number of amides is 1. The van der Waals surface area contributed by atoms with Crippen LogP contribution in [0.15, 0.2) is 53.7 Å². The van der Waals surface area contributed by atoms with Crippen LogP contribution >= 0.6 is 11.8 Å². The predicted molar refractivity (Wildman–Crippen MR) is 92.1 cm³/mol. The van der Waals surface area contributed by atoms with E-state index in [4.69, 9.17) is 0 Å². The molecule has 1 amide bonds. The summed E-state index contributed by atoms with van der Waals surface area (Å²) in [6, 6.07) is 13.7. The van der Waals surface area contributed by atoms with Crippen molar-refractivity contribution in [3.05, 3.63) is 54.5 Å². The Morgan fingerprint density at radius 1 is 1.22 bits per heavy atom. The van der Waals surface area contributed by atoms with Crippen molar-refractivity contribution >= 4 is 28.7 Å². The number of nitrogens with zero attached hydrogens (tertiary/aromatic N) is 3. The van der Waals surface area contributed by atoms with Gasteiger partial charge in [-0.15, -0.1) is 11.8 Å². The van der Waals surface area contributed by atoms with Gasteiger partial charge in [0.05, 0.1) is 22.6 Å². The first-order chi connectivity index (χ1) is 11.2. The highest BCUT2D eigenvalue weighted by molar-refractivity contribution is 7.99. The van der Waals surface area contributed by atoms with Crippen molar-refractivity contribution in [2.24, 2.45) is 7.05 Å². The van der Waals surface area contributed by atoms with Gasteiger partial charge < -0.3 is 9.88 Å². The van der Waals surface area contributed by atoms with E-state index in [2.05, 4.69) is 15.3 Å². The number of pyridine rings is 1. The van der Waals surface area contributed by atoms with Gasteiger partial charge in [-0.25, -0.2) is 9.97 Å². The molecule has 118 valence electrons. The molecule has 0 aliphatic rings. The Morgan fingerprint density at radius 2 is 2.04 bits per heavy atom. The molecule has 1 aromatic carbocycles. The highest BCUT2D eigenvalue weighted by Gasteiger charge is 2.08. The summed E-state index contributed by atoms with van der Waals surface area (Å²) in [4.78, 5) is 20.7. The van der Waals surface area contributed by atoms with Gasteiger partial charge in [0, 0.05) is 25.4 Å². The second-order valence-corrected chi connectivity index (χ2v) is 6.23. The second kappa shape index (κ2) is 7.28. The van der Waals surface area contributed by atoms with Gasteiger partial charge in [0.15, 0.2) is 0 Å². The van der Waals surface area contributed by atoms with Gasteiger partial charge in [-0.2, -0.15) is 0 Å². The lowest BCUT2D eigenvalue weighted by molar-refractivity contribution is -0.120. The molecule has 2 aromatic heterocycles. The Kier molecular flexibility index (Phi) is 4.92. The van der Waals surface area contributed by atoms with Gasteiger partial charge in [0.25, 0.3) is 0 Å². The second-order valence-electron chi connectivity index (χ2n) is 5.12. The van der Waals surface area contributed by atoms with Crippen LogP contribution in [0.5, 0.6) is 0 Å². The summed E-state index contributed by atoms with van der Waals surface area (Å²) in [5.41, 5.74) is 2.02. The topological polar surface area (TPSA) is 59.8 Å². The number of benzene rings is 1. The van der Waals surface area contributed by atoms with Crippen LogP contribution in [-0.4, -0.2) is 26.2 Å². The molecule has 0 bridgehead atoms. The third-order valence-electron chi connectivity index (χ3n) is 3.54. The largest absolute Gasteiger partial charge is 0.349 e. The van der Waals surface area contributed by atoms with Crippen LogP contribution in [0.3, 0.4) is 0 Å². The zero-order valence-corrected chi connectivity index (χ0v) is 13.7. The number of hydrogen-bond acceptors (Lipinski definition) is 4. The molecule has 0 radical (unpaired) electrons. The molecule has 0 aliphatic carbocycles. The van der Waals surface area contributed by atoms with Crippen molar-refractivity contribution < 1.29 is 4.79 Å². The molecule has 6 heteroatoms. The van der Waals surface area contributed by atoms with E-state index in [1.54, 1.807) is 18.0 Å². The van der Waals surface area contributed by atoms with Crippen LogP contribution in [0.25, 0.3) is 11.0 Å². The van der Waals surface area contributed by atoms with Gasteiger partial charge in [0.2, 0.25) is 5.91 Å². The number of fused-ring (bicyclic) bond motifs is 1. The molecule has 0 unspecified atom stereocenters. The molecule has 5 nitrogen and oxygen atoms in total. The fraction of sp³-hybridized carbons (Fsp3) is 0.235. The number of nitrogens with one attached hydrogen (secondary N) is 1. The average Bonchev–Trinajstić information content (AvgIpc) is 2.90. The molecule has 0 spiro atoms. The number of carbonyl (C=O) groups is 1. The van der Waals surface area contributed by atoms with E-state index >= 15 is 0 Å². The van der Waals surface area contributed by atoms with Crippen LogP contribution in [0, 0.1) is 0 Å². The molecule has 0 saturated heterocycles. The molecular weight excluding hydrogens is 308 g/mol. The Bertz CT molecular complexity index is 801. The van der Waals surface area contributed by atoms with Gasteiger partial charge in [-0.3, -0.25) is 4.79 Å². The number of aryl methyl sites for hydroxylation is 1. The van der Waals surface area contributed by atoms with Crippen LogP contribution < -0.4 is 5.32 Å². The lowest BCUT2D eigenvalue weighted by atomic mass is 10.3. The Morgan fingerprint density at radius 3 is 2.83 bits per heavy atom. The number of rotatable bonds is 6. The van der Waals surface area contributed by atoms with E-state index in [0.717, 1.165) is 21.9 Å². The highest BCUT2D eigenvalue weighted by Crippen LogP contribution is 2.15. The lowest BCUT2D eigenvalue weighted by Gasteiger charge is -2.05. The van der Waals surface area contributed by atoms with Crippen molar-refractivity contribution in [2.45, 2.75) is 18.0 Å². The minimum absolute atomic E-state index is 0.0282. The molecule has 3 aromatic rings. The maximum atomic E-state index is 12.0. The van der Waals surface area contributed by atoms with Crippen molar-refractivity contribution in [3.63, 3.8) is 0 Å². The number of hydrogen-bond donors (Lipinski definition) is 1. The summed E-state index contributed by atoms with van der Waals surface area (Å²) in [5, 5.41) is 3.87. The van der Waals surface area contributed by atoms with E-state index in [1.165, 1.54) is 0 Å². The first-order valence-corrected chi connectivity index (χ1v) is 8.43. The van der Waals surface area contributed by atoms with Crippen LogP contribution in [0.1, 0.15) is 12.2 Å². The van der Waals surface area contributed by atoms with Crippen LogP contribution in [0.2, 0.25) is 0 Å². The zero-order chi connectivity index (χ0) is 16.1. The molecule has 0 saturated carbocycles. The number of aromatic nitrogens is 3. The SMILES string of the molecule is Cn1c(CNC(=O)CCSc2ccccn2)nc2ccccc21. The van der Waals surface area contributed by atoms with Crippen molar-refractivity contribution in [3.8, 4) is 0 Å². The normalized spacial score (nSPS) is 10.8. The molecule has 3 rings (SSSR count). The molecular formula is C17H18N4OS. The van der Waals surface area contributed by atoms with Gasteiger partial charge in [-0.1, -0.05) is 18.2 Å². The number of thioether (sulfide) groups is 1. The standard InChI is InChI=1S/C17H18N4OS/c1-21-14-7-3-2-6-13(14)20-15(21)12-19-16(22)9-11-23-17-8-4-5-10-18-17/h2-8,10H,9,11-12H2,1H3,(H,19,22). The summed E-state index contributed by atoms with van der Waals surface area (Å²) in [6.45, 7) is 0.443. The van der Waals surface area contributed by atoms with E-state index in [9.17, 15) is 4.79 Å². The summed E-state index contributed by atoms with van der Waals surface area (Å²) >= 11 is 1.58. The Labute approximate surface area is 139 Å². The minimum atomic E-state index is 0.0282. The Balaban J connectivity index is 1.49. The van der Waals surface area contributed by atoms with Gasteiger partial charge >= 0.3 is 0 Å². The van der Waals surface area contributed by atoms with E-state index in [1.807, 2.05) is 54.1 Å². The molecule has 2 heterocycles. The highest BCUT2D eigenvalue weighted by atomic mass is 32.2. The van der Waals surface area contributed by atoms with E-state index in [-0.39, 0.29) is 5.91 Å². The Hall–Kier alpha value is -2.34. The fourth-order valence-electron chi connectivity index (χ4n) is 2.30. The third-order valence-corrected chi connectivity index (χ3v) is 4.49. The molecule has 0 atom stereocenters. The van der Waals surface area contributed by atoms with E-state index < -0.39 is 0 Å². The maximum absolute atomic E-state index is 12.0. The quantitative estimate of drug-likeness (QED) is 0.708. The first kappa shape index (κ1) is 15.6. The van der Waals surface area contributed by atoms with E-state index in [0.29, 0.717) is 18.7 Å². The number of para-hydroxylation sites is 2. The van der Waals surface area contributed by atoms with Gasteiger partial charge in [-0.05, 0) is 24.3 Å². The summed E-state index contributed by atoms with van der Waals surface area (Å²) in [5.74, 6) is 1.60. The van der Waals surface area contributed by atoms with Crippen molar-refractivity contribution in [2.75, 3.05) is 5.75 Å². The average molecular weight is 326 g/mol. The summed E-state index contributed by atoms with van der Waals surface area (Å²) in [6.07, 6.45) is 2.22. The van der Waals surface area contributed by atoms with Crippen molar-refractivity contribution in [1.29, 1.82) is 0 Å². The molecule has 0 aliphatic heterocycles. The number of carbonyl (C=O) groups excluding carboxylic acids is 1. The number of imidazole rings is 1. The predicted octanol–water partition coefficient (Wildman–Crippen LogP) is 2.77. The fourth-order valence-corrected chi connectivity index (χ4v) is 3.11. The maximum Gasteiger partial charge on any atom is 0.221 e. The smallest absolute Gasteiger partial charge is 0.221 e. The van der Waals surface area contributed by atoms with Gasteiger partial charge in [0.1, 0.15) is 5.82 Å². The molecule has 1 N–H and O–H groups in total. The third kappa shape index (κ3) is 3.90. The van der Waals surface area contributed by atoms with Crippen LogP contribution in [0.4, 0.5) is 0 Å². The molecule has 23 heavy (non-hydrogen) atoms. The zero-order valence-electron chi connectivity index (χ0n) is 12.9. The van der Waals surface area contributed by atoms with Crippen LogP contribution in [-0.2, 0) is 18.4 Å².